The summed E-state index contributed by atoms with van der Waals surface area (Å²) in [5.41, 5.74) is -7.21. The minimum atomic E-state index is -5.19. The van der Waals surface area contributed by atoms with E-state index < -0.39 is 58.3 Å². The molecule has 0 spiro atoms. The number of hydrogen-bond donors (Lipinski definition) is 1. The van der Waals surface area contributed by atoms with Gasteiger partial charge >= 0.3 is 76.1 Å². The summed E-state index contributed by atoms with van der Waals surface area (Å²) in [5.74, 6) is 0. The van der Waals surface area contributed by atoms with Gasteiger partial charge < -0.3 is 0 Å². The van der Waals surface area contributed by atoms with Crippen LogP contribution < -0.4 is 5.43 Å². The van der Waals surface area contributed by atoms with Crippen molar-refractivity contribution < 1.29 is 52.7 Å². The van der Waals surface area contributed by atoms with Gasteiger partial charge in [-0.1, -0.05) is 5.22 Å². The third-order valence-corrected chi connectivity index (χ3v) is 3.50. The van der Waals surface area contributed by atoms with Crippen molar-refractivity contribution in [1.29, 1.82) is 0 Å². The van der Waals surface area contributed by atoms with Crippen LogP contribution in [0.2, 0.25) is 0 Å². The van der Waals surface area contributed by atoms with Crippen LogP contribution in [-0.2, 0) is 24.7 Å². The van der Waals surface area contributed by atoms with Crippen molar-refractivity contribution in [1.82, 2.24) is 0 Å². The van der Waals surface area contributed by atoms with Crippen LogP contribution in [0.4, 0.5) is 64.1 Å². The third kappa shape index (κ3) is 7.89. The Morgan fingerprint density at radius 2 is 0.812 bits per heavy atom. The topological polar surface area (TPSA) is 36.8 Å². The molecule has 172 valence electrons. The molecule has 0 heterocycles. The van der Waals surface area contributed by atoms with E-state index in [9.17, 15) is 52.7 Å². The molecule has 0 aliphatic heterocycles. The maximum atomic E-state index is 12.8. The predicted octanol–water partition coefficient (Wildman–Crippen LogP) is 7.22. The first-order valence-electron chi connectivity index (χ1n) is 7.63. The molecule has 32 heavy (non-hydrogen) atoms. The van der Waals surface area contributed by atoms with E-state index in [0.29, 0.717) is 0 Å². The molecule has 0 bridgehead atoms. The summed E-state index contributed by atoms with van der Waals surface area (Å²) in [6.45, 7) is 0. The van der Waals surface area contributed by atoms with Crippen LogP contribution in [0.1, 0.15) is 22.3 Å². The van der Waals surface area contributed by atoms with E-state index in [2.05, 4.69) is 10.3 Å². The molecule has 0 aliphatic carbocycles. The summed E-state index contributed by atoms with van der Waals surface area (Å²) in [5, 5.41) is 5.90. The quantitative estimate of drug-likeness (QED) is 0.202. The van der Waals surface area contributed by atoms with Gasteiger partial charge in [0.25, 0.3) is 0 Å². The second-order valence-electron chi connectivity index (χ2n) is 5.87. The molecule has 0 unspecified atom stereocenters. The van der Waals surface area contributed by atoms with Crippen LogP contribution in [-0.4, -0.2) is 51.4 Å². The average Bonchev–Trinajstić information content (AvgIpc) is 2.58. The molecule has 0 atom stereocenters. The first kappa shape index (κ1) is 28.7. The molecule has 0 radical (unpaired) electrons. The normalized spacial score (nSPS) is 13.2. The Morgan fingerprint density at radius 3 is 1.12 bits per heavy atom. The molecule has 16 heteroatoms. The van der Waals surface area contributed by atoms with Gasteiger partial charge in [-0.2, -0.15) is 52.7 Å². The zero-order valence-electron chi connectivity index (χ0n) is 14.4. The van der Waals surface area contributed by atoms with Gasteiger partial charge in [-0.25, -0.2) is 0 Å². The summed E-state index contributed by atoms with van der Waals surface area (Å²) >= 11 is 0. The molecule has 2 rings (SSSR count). The van der Waals surface area contributed by atoms with Crippen LogP contribution in [0, 0.1) is 0 Å². The summed E-state index contributed by atoms with van der Waals surface area (Å²) < 4.78 is 153. The van der Waals surface area contributed by atoms with E-state index in [1.807, 2.05) is 0 Å². The van der Waals surface area contributed by atoms with Gasteiger partial charge in [-0.05, 0) is 36.4 Å². The Balaban J connectivity index is 0.00000512. The van der Waals surface area contributed by atoms with E-state index in [-0.39, 0.29) is 87.8 Å². The fourth-order valence-electron chi connectivity index (χ4n) is 2.16. The van der Waals surface area contributed by atoms with Crippen molar-refractivity contribution in [3.63, 3.8) is 0 Å². The molecule has 1 N–H and O–H groups in total. The zero-order chi connectivity index (χ0) is 23.8. The summed E-state index contributed by atoms with van der Waals surface area (Å²) in [7, 11) is 0. The minimum absolute atomic E-state index is 0. The number of hydrogen-bond acceptors (Lipinski definition) is 2. The fraction of sp³-hybridized carbons (Fsp3) is 0.250. The number of anilines is 1. The van der Waals surface area contributed by atoms with Crippen molar-refractivity contribution in [2.45, 2.75) is 24.7 Å². The molecule has 0 saturated heterocycles. The summed E-state index contributed by atoms with van der Waals surface area (Å²) in [6.07, 6.45) is -20.8. The van der Waals surface area contributed by atoms with Gasteiger partial charge in [-0.15, -0.1) is 5.11 Å². The number of alkyl halides is 12. The Kier molecular flexibility index (Phi) is 8.84. The Bertz CT molecular complexity index is 910. The van der Waals surface area contributed by atoms with Crippen LogP contribution in [0.15, 0.2) is 46.7 Å². The Hall–Kier alpha value is -1.36. The SMILES string of the molecule is FC(F)(F)c1cc(/N=N/Nc2cc(C(F)(F)F)cc(C(F)(F)F)c2)cc(C(F)(F)F)c1.[KH]. The standard InChI is InChI=1S/C16H7F12N3.K.H/c17-13(18,19)7-1-8(14(20,21)22)4-11(3-7)29-31-30-12-5-9(15(23,24)25)2-10(6-12)16(26,27)28;;/h1-6H,(H,29,30);;. The maximum absolute atomic E-state index is 12.8. The molecular formula is C16H8F12KN3. The molecule has 0 aromatic heterocycles. The Labute approximate surface area is 213 Å². The third-order valence-electron chi connectivity index (χ3n) is 3.50. The number of halogens is 12. The molecular weight excluding hydrogens is 501 g/mol. The van der Waals surface area contributed by atoms with Gasteiger partial charge in [0.05, 0.1) is 33.6 Å². The molecule has 2 aromatic rings. The summed E-state index contributed by atoms with van der Waals surface area (Å²) in [4.78, 5) is 0. The molecule has 0 fully saturated rings. The van der Waals surface area contributed by atoms with Crippen LogP contribution >= 0.6 is 0 Å². The van der Waals surface area contributed by atoms with Crippen molar-refractivity contribution in [3.8, 4) is 0 Å². The molecule has 0 aliphatic rings. The van der Waals surface area contributed by atoms with Crippen LogP contribution in [0.3, 0.4) is 0 Å². The van der Waals surface area contributed by atoms with Crippen molar-refractivity contribution >= 4 is 62.8 Å². The fourth-order valence-corrected chi connectivity index (χ4v) is 2.16. The van der Waals surface area contributed by atoms with Crippen LogP contribution in [0.25, 0.3) is 0 Å². The van der Waals surface area contributed by atoms with E-state index in [1.165, 1.54) is 0 Å². The number of nitrogens with one attached hydrogen (secondary N) is 1. The second kappa shape index (κ2) is 9.86. The zero-order valence-corrected chi connectivity index (χ0v) is 14.4. The van der Waals surface area contributed by atoms with Crippen LogP contribution in [0.5, 0.6) is 0 Å². The predicted molar refractivity (Wildman–Crippen MR) is 88.2 cm³/mol. The van der Waals surface area contributed by atoms with E-state index in [0.717, 1.165) is 0 Å². The average molecular weight is 509 g/mol. The first-order chi connectivity index (χ1) is 13.9. The number of benzene rings is 2. The summed E-state index contributed by atoms with van der Waals surface area (Å²) in [6, 6.07) is 0.323. The first-order valence-corrected chi connectivity index (χ1v) is 7.63. The van der Waals surface area contributed by atoms with E-state index in [1.54, 1.807) is 5.43 Å². The van der Waals surface area contributed by atoms with Gasteiger partial charge in [0.15, 0.2) is 0 Å². The number of nitrogens with zero attached hydrogens (tertiary/aromatic N) is 2. The van der Waals surface area contributed by atoms with Crippen molar-refractivity contribution in [2.24, 2.45) is 10.3 Å². The molecule has 3 nitrogen and oxygen atoms in total. The Morgan fingerprint density at radius 1 is 0.500 bits per heavy atom. The van der Waals surface area contributed by atoms with Gasteiger partial charge in [0.1, 0.15) is 0 Å². The van der Waals surface area contributed by atoms with Gasteiger partial charge in [0, 0.05) is 0 Å². The van der Waals surface area contributed by atoms with Gasteiger partial charge in [0.2, 0.25) is 0 Å². The van der Waals surface area contributed by atoms with E-state index in [4.69, 9.17) is 0 Å². The second-order valence-corrected chi connectivity index (χ2v) is 5.87. The molecule has 2 aromatic carbocycles. The van der Waals surface area contributed by atoms with Crippen molar-refractivity contribution in [2.75, 3.05) is 5.43 Å². The monoisotopic (exact) mass is 509 g/mol. The van der Waals surface area contributed by atoms with Gasteiger partial charge in [-0.3, -0.25) is 5.43 Å². The van der Waals surface area contributed by atoms with E-state index >= 15 is 0 Å². The molecule has 0 amide bonds. The van der Waals surface area contributed by atoms with Crippen molar-refractivity contribution in [3.05, 3.63) is 58.7 Å². The number of rotatable bonds is 3. The molecule has 0 saturated carbocycles.